The maximum atomic E-state index is 13.3. The summed E-state index contributed by atoms with van der Waals surface area (Å²) in [6.45, 7) is -0.0782. The Morgan fingerprint density at radius 1 is 1.15 bits per heavy atom. The van der Waals surface area contributed by atoms with E-state index in [0.717, 1.165) is 0 Å². The number of carbonyl (C=O) groups is 1. The highest BCUT2D eigenvalue weighted by molar-refractivity contribution is 5.89. The molecule has 0 amide bonds. The van der Waals surface area contributed by atoms with E-state index in [2.05, 4.69) is 0 Å². The second-order valence-corrected chi connectivity index (χ2v) is 3.98. The number of esters is 1. The van der Waals surface area contributed by atoms with Crippen LogP contribution < -0.4 is 0 Å². The number of hydrogen-bond acceptors (Lipinski definition) is 4. The Labute approximate surface area is 113 Å². The zero-order valence-corrected chi connectivity index (χ0v) is 10.3. The van der Waals surface area contributed by atoms with Crippen LogP contribution in [0.2, 0.25) is 0 Å². The van der Waals surface area contributed by atoms with E-state index in [1.165, 1.54) is 48.5 Å². The average molecular weight is 275 g/mol. The van der Waals surface area contributed by atoms with Gasteiger partial charge in [-0.05, 0) is 29.8 Å². The second-order valence-electron chi connectivity index (χ2n) is 3.98. The Balaban J connectivity index is 2.00. The van der Waals surface area contributed by atoms with Crippen molar-refractivity contribution in [2.45, 2.75) is 6.61 Å². The molecule has 0 saturated heterocycles. The highest BCUT2D eigenvalue weighted by Crippen LogP contribution is 2.14. The van der Waals surface area contributed by atoms with Gasteiger partial charge in [-0.1, -0.05) is 12.1 Å². The van der Waals surface area contributed by atoms with Crippen LogP contribution in [0.15, 0.2) is 48.5 Å². The van der Waals surface area contributed by atoms with E-state index >= 15 is 0 Å². The first-order valence-electron chi connectivity index (χ1n) is 5.73. The molecule has 0 radical (unpaired) electrons. The molecule has 0 aliphatic carbocycles. The molecule has 2 rings (SSSR count). The summed E-state index contributed by atoms with van der Waals surface area (Å²) in [5, 5.41) is 10.5. The van der Waals surface area contributed by atoms with Crippen LogP contribution in [0, 0.1) is 15.9 Å². The molecule has 0 heterocycles. The van der Waals surface area contributed by atoms with Gasteiger partial charge < -0.3 is 4.74 Å². The van der Waals surface area contributed by atoms with Crippen LogP contribution in [0.4, 0.5) is 10.1 Å². The largest absolute Gasteiger partial charge is 0.457 e. The number of carbonyl (C=O) groups excluding carboxylic acids is 1. The van der Waals surface area contributed by atoms with Gasteiger partial charge in [0.2, 0.25) is 0 Å². The molecule has 102 valence electrons. The number of ether oxygens (including phenoxy) is 1. The number of nitro groups is 1. The highest BCUT2D eigenvalue weighted by Gasteiger charge is 2.12. The molecule has 20 heavy (non-hydrogen) atoms. The van der Waals surface area contributed by atoms with E-state index in [0.29, 0.717) is 5.56 Å². The Bertz CT molecular complexity index is 640. The van der Waals surface area contributed by atoms with Gasteiger partial charge in [-0.15, -0.1) is 0 Å². The summed E-state index contributed by atoms with van der Waals surface area (Å²) in [6, 6.07) is 11.1. The third-order valence-corrected chi connectivity index (χ3v) is 2.61. The van der Waals surface area contributed by atoms with Crippen LogP contribution in [0.5, 0.6) is 0 Å². The zero-order chi connectivity index (χ0) is 14.5. The number of nitrogens with zero attached hydrogens (tertiary/aromatic N) is 1. The predicted molar refractivity (Wildman–Crippen MR) is 68.6 cm³/mol. The van der Waals surface area contributed by atoms with Crippen LogP contribution in [-0.2, 0) is 11.3 Å². The Morgan fingerprint density at radius 3 is 2.40 bits per heavy atom. The number of halogens is 1. The molecule has 0 saturated carbocycles. The lowest BCUT2D eigenvalue weighted by Gasteiger charge is -2.05. The van der Waals surface area contributed by atoms with E-state index in [1.807, 2.05) is 0 Å². The Kier molecular flexibility index (Phi) is 4.05. The molecule has 0 unspecified atom stereocenters. The average Bonchev–Trinajstić information content (AvgIpc) is 2.45. The van der Waals surface area contributed by atoms with Crippen LogP contribution in [0.25, 0.3) is 0 Å². The molecular formula is C14H10FNO4. The lowest BCUT2D eigenvalue weighted by molar-refractivity contribution is -0.384. The Morgan fingerprint density at radius 2 is 1.80 bits per heavy atom. The lowest BCUT2D eigenvalue weighted by atomic mass is 10.2. The fourth-order valence-electron chi connectivity index (χ4n) is 1.57. The van der Waals surface area contributed by atoms with Crippen molar-refractivity contribution in [1.29, 1.82) is 0 Å². The number of nitro benzene ring substituents is 1. The standard InChI is InChI=1S/C14H10FNO4/c15-13-4-2-1-3-12(13)14(17)20-9-10-5-7-11(8-6-10)16(18)19/h1-8H,9H2. The van der Waals surface area contributed by atoms with Crippen molar-refractivity contribution in [2.24, 2.45) is 0 Å². The minimum Gasteiger partial charge on any atom is -0.457 e. The van der Waals surface area contributed by atoms with Gasteiger partial charge in [0.25, 0.3) is 5.69 Å². The summed E-state index contributed by atoms with van der Waals surface area (Å²) in [7, 11) is 0. The first-order chi connectivity index (χ1) is 9.58. The van der Waals surface area contributed by atoms with Gasteiger partial charge in [-0.2, -0.15) is 0 Å². The quantitative estimate of drug-likeness (QED) is 0.488. The molecule has 6 heteroatoms. The first-order valence-corrected chi connectivity index (χ1v) is 5.73. The summed E-state index contributed by atoms with van der Waals surface area (Å²) in [4.78, 5) is 21.6. The van der Waals surface area contributed by atoms with Gasteiger partial charge in [0, 0.05) is 12.1 Å². The lowest BCUT2D eigenvalue weighted by Crippen LogP contribution is -2.07. The topological polar surface area (TPSA) is 69.4 Å². The zero-order valence-electron chi connectivity index (χ0n) is 10.3. The van der Waals surface area contributed by atoms with Crippen molar-refractivity contribution in [1.82, 2.24) is 0 Å². The predicted octanol–water partition coefficient (Wildman–Crippen LogP) is 3.09. The second kappa shape index (κ2) is 5.92. The SMILES string of the molecule is O=C(OCc1ccc([N+](=O)[O-])cc1)c1ccccc1F. The highest BCUT2D eigenvalue weighted by atomic mass is 19.1. The summed E-state index contributed by atoms with van der Waals surface area (Å²) in [6.07, 6.45) is 0. The molecule has 2 aromatic rings. The van der Waals surface area contributed by atoms with Crippen molar-refractivity contribution in [3.05, 3.63) is 75.6 Å². The summed E-state index contributed by atoms with van der Waals surface area (Å²) in [5.74, 6) is -1.43. The maximum Gasteiger partial charge on any atom is 0.341 e. The minimum atomic E-state index is -0.776. The van der Waals surface area contributed by atoms with Gasteiger partial charge in [-0.3, -0.25) is 10.1 Å². The number of non-ortho nitro benzene ring substituents is 1. The van der Waals surface area contributed by atoms with Crippen molar-refractivity contribution < 1.29 is 18.8 Å². The van der Waals surface area contributed by atoms with E-state index in [9.17, 15) is 19.3 Å². The minimum absolute atomic E-state index is 0.0471. The normalized spacial score (nSPS) is 10.1. The monoisotopic (exact) mass is 275 g/mol. The van der Waals surface area contributed by atoms with Gasteiger partial charge in [0.05, 0.1) is 10.5 Å². The fourth-order valence-corrected chi connectivity index (χ4v) is 1.57. The molecule has 0 spiro atoms. The third-order valence-electron chi connectivity index (χ3n) is 2.61. The van der Waals surface area contributed by atoms with E-state index in [1.54, 1.807) is 0 Å². The molecule has 0 aromatic heterocycles. The molecule has 0 atom stereocenters. The van der Waals surface area contributed by atoms with Crippen molar-refractivity contribution >= 4 is 11.7 Å². The summed E-state index contributed by atoms with van der Waals surface area (Å²) >= 11 is 0. The summed E-state index contributed by atoms with van der Waals surface area (Å²) < 4.78 is 18.3. The fraction of sp³-hybridized carbons (Fsp3) is 0.0714. The van der Waals surface area contributed by atoms with Gasteiger partial charge in [0.1, 0.15) is 12.4 Å². The number of hydrogen-bond donors (Lipinski definition) is 0. The molecule has 2 aromatic carbocycles. The van der Waals surface area contributed by atoms with Gasteiger partial charge in [-0.25, -0.2) is 9.18 Å². The van der Waals surface area contributed by atoms with Crippen molar-refractivity contribution in [2.75, 3.05) is 0 Å². The van der Waals surface area contributed by atoms with Crippen LogP contribution in [0.3, 0.4) is 0 Å². The molecule has 5 nitrogen and oxygen atoms in total. The number of benzene rings is 2. The molecular weight excluding hydrogens is 265 g/mol. The van der Waals surface area contributed by atoms with Crippen molar-refractivity contribution in [3.8, 4) is 0 Å². The summed E-state index contributed by atoms with van der Waals surface area (Å²) in [5.41, 5.74) is 0.392. The van der Waals surface area contributed by atoms with E-state index in [4.69, 9.17) is 4.74 Å². The Hall–Kier alpha value is -2.76. The molecule has 0 bridgehead atoms. The number of rotatable bonds is 4. The third kappa shape index (κ3) is 3.17. The molecule has 0 aliphatic heterocycles. The van der Waals surface area contributed by atoms with Crippen LogP contribution in [-0.4, -0.2) is 10.9 Å². The van der Waals surface area contributed by atoms with Crippen LogP contribution in [0.1, 0.15) is 15.9 Å². The van der Waals surface area contributed by atoms with Crippen LogP contribution >= 0.6 is 0 Å². The van der Waals surface area contributed by atoms with Crippen molar-refractivity contribution in [3.63, 3.8) is 0 Å². The van der Waals surface area contributed by atoms with E-state index in [-0.39, 0.29) is 17.9 Å². The smallest absolute Gasteiger partial charge is 0.341 e. The van der Waals surface area contributed by atoms with E-state index < -0.39 is 16.7 Å². The maximum absolute atomic E-state index is 13.3. The molecule has 0 fully saturated rings. The van der Waals surface area contributed by atoms with Gasteiger partial charge in [0.15, 0.2) is 0 Å². The molecule has 0 N–H and O–H groups in total. The molecule has 0 aliphatic rings. The first kappa shape index (κ1) is 13.7. The van der Waals surface area contributed by atoms with Gasteiger partial charge >= 0.3 is 5.97 Å².